The molecule has 0 aliphatic rings. The molecule has 3 nitrogen and oxygen atoms in total. The first-order valence-corrected chi connectivity index (χ1v) is 6.17. The third-order valence-corrected chi connectivity index (χ3v) is 3.15. The van der Waals surface area contributed by atoms with Crippen molar-refractivity contribution in [1.29, 1.82) is 0 Å². The number of nitrogens with one attached hydrogen (secondary N) is 1. The highest BCUT2D eigenvalue weighted by Gasteiger charge is 2.13. The van der Waals surface area contributed by atoms with Gasteiger partial charge in [0.25, 0.3) is 0 Å². The molecule has 0 aliphatic carbocycles. The van der Waals surface area contributed by atoms with Crippen LogP contribution in [0.25, 0.3) is 0 Å². The largest absolute Gasteiger partial charge is 0.335 e. The Morgan fingerprint density at radius 2 is 2.06 bits per heavy atom. The summed E-state index contributed by atoms with van der Waals surface area (Å²) >= 11 is 0. The first-order chi connectivity index (χ1) is 8.74. The van der Waals surface area contributed by atoms with Crippen LogP contribution in [0.5, 0.6) is 0 Å². The van der Waals surface area contributed by atoms with Crippen molar-refractivity contribution in [2.45, 2.75) is 25.9 Å². The molecular formula is C14H18FN3. The molecule has 0 radical (unpaired) electrons. The van der Waals surface area contributed by atoms with Gasteiger partial charge in [-0.1, -0.05) is 12.1 Å². The number of aryl methyl sites for hydroxylation is 1. The van der Waals surface area contributed by atoms with Crippen LogP contribution in [-0.2, 0) is 13.0 Å². The Hall–Kier alpha value is -1.68. The van der Waals surface area contributed by atoms with Gasteiger partial charge >= 0.3 is 0 Å². The summed E-state index contributed by atoms with van der Waals surface area (Å²) in [4.78, 5) is 4.37. The fourth-order valence-electron chi connectivity index (χ4n) is 2.08. The molecule has 4 heteroatoms. The molecule has 1 aromatic heterocycles. The number of imidazole rings is 1. The lowest BCUT2D eigenvalue weighted by Crippen LogP contribution is -2.20. The summed E-state index contributed by atoms with van der Waals surface area (Å²) in [5, 5.41) is 3.25. The van der Waals surface area contributed by atoms with Crippen LogP contribution in [0.4, 0.5) is 4.39 Å². The number of nitrogens with zero attached hydrogens (tertiary/aromatic N) is 2. The summed E-state index contributed by atoms with van der Waals surface area (Å²) in [5.41, 5.74) is 1.07. The van der Waals surface area contributed by atoms with E-state index in [1.54, 1.807) is 0 Å². The molecule has 1 unspecified atom stereocenters. The second-order valence-electron chi connectivity index (χ2n) is 4.23. The zero-order valence-corrected chi connectivity index (χ0v) is 10.7. The van der Waals surface area contributed by atoms with Crippen molar-refractivity contribution in [3.05, 3.63) is 53.9 Å². The van der Waals surface area contributed by atoms with Crippen molar-refractivity contribution >= 4 is 0 Å². The third kappa shape index (κ3) is 2.76. The van der Waals surface area contributed by atoms with E-state index >= 15 is 0 Å². The van der Waals surface area contributed by atoms with Gasteiger partial charge < -0.3 is 9.88 Å². The van der Waals surface area contributed by atoms with E-state index in [2.05, 4.69) is 21.8 Å². The zero-order chi connectivity index (χ0) is 13.0. The fraction of sp³-hybridized carbons (Fsp3) is 0.357. The summed E-state index contributed by atoms with van der Waals surface area (Å²) in [6.07, 6.45) is 4.59. The van der Waals surface area contributed by atoms with E-state index in [0.717, 1.165) is 24.4 Å². The van der Waals surface area contributed by atoms with Crippen molar-refractivity contribution < 1.29 is 4.39 Å². The summed E-state index contributed by atoms with van der Waals surface area (Å²) in [7, 11) is 1.91. The Bertz CT molecular complexity index is 490. The molecule has 1 heterocycles. The van der Waals surface area contributed by atoms with E-state index in [0.29, 0.717) is 0 Å². The number of hydrogen-bond donors (Lipinski definition) is 1. The Morgan fingerprint density at radius 3 is 2.67 bits per heavy atom. The van der Waals surface area contributed by atoms with Crippen LogP contribution in [-0.4, -0.2) is 16.6 Å². The van der Waals surface area contributed by atoms with Gasteiger partial charge in [-0.3, -0.25) is 0 Å². The van der Waals surface area contributed by atoms with Crippen molar-refractivity contribution in [2.75, 3.05) is 7.05 Å². The van der Waals surface area contributed by atoms with Gasteiger partial charge in [-0.05, 0) is 31.7 Å². The van der Waals surface area contributed by atoms with Crippen LogP contribution in [0.1, 0.15) is 24.4 Å². The van der Waals surface area contributed by atoms with E-state index < -0.39 is 0 Å². The second kappa shape index (κ2) is 5.78. The van der Waals surface area contributed by atoms with Gasteiger partial charge in [-0.25, -0.2) is 9.37 Å². The monoisotopic (exact) mass is 247 g/mol. The van der Waals surface area contributed by atoms with E-state index in [1.165, 1.54) is 12.1 Å². The number of rotatable bonds is 5. The van der Waals surface area contributed by atoms with Crippen LogP contribution in [0.15, 0.2) is 36.7 Å². The SMILES string of the molecule is CCn1ccnc1CC(NC)c1ccc(F)cc1. The molecule has 2 aromatic rings. The standard InChI is InChI=1S/C14H18FN3/c1-3-18-9-8-17-14(18)10-13(16-2)11-4-6-12(15)7-5-11/h4-9,13,16H,3,10H2,1-2H3. The molecule has 1 aromatic carbocycles. The molecule has 0 saturated carbocycles. The molecule has 0 spiro atoms. The Kier molecular flexibility index (Phi) is 4.10. The number of benzene rings is 1. The average molecular weight is 247 g/mol. The summed E-state index contributed by atoms with van der Waals surface area (Å²) in [6.45, 7) is 3.01. The summed E-state index contributed by atoms with van der Waals surface area (Å²) in [6, 6.07) is 6.77. The highest BCUT2D eigenvalue weighted by atomic mass is 19.1. The molecule has 0 bridgehead atoms. The molecular weight excluding hydrogens is 229 g/mol. The van der Waals surface area contributed by atoms with Crippen LogP contribution in [0.2, 0.25) is 0 Å². The van der Waals surface area contributed by atoms with Crippen LogP contribution in [0.3, 0.4) is 0 Å². The lowest BCUT2D eigenvalue weighted by atomic mass is 10.0. The van der Waals surface area contributed by atoms with Crippen LogP contribution in [0, 0.1) is 5.82 Å². The predicted octanol–water partition coefficient (Wildman–Crippen LogP) is 2.55. The normalized spacial score (nSPS) is 12.6. The highest BCUT2D eigenvalue weighted by Crippen LogP contribution is 2.17. The van der Waals surface area contributed by atoms with Gasteiger partial charge in [-0.15, -0.1) is 0 Å². The number of aromatic nitrogens is 2. The Balaban J connectivity index is 2.17. The number of hydrogen-bond acceptors (Lipinski definition) is 2. The van der Waals surface area contributed by atoms with Crippen molar-refractivity contribution in [3.63, 3.8) is 0 Å². The van der Waals surface area contributed by atoms with Crippen molar-refractivity contribution in [1.82, 2.24) is 14.9 Å². The van der Waals surface area contributed by atoms with Crippen molar-refractivity contribution in [2.24, 2.45) is 0 Å². The van der Waals surface area contributed by atoms with Gasteiger partial charge in [0, 0.05) is 31.4 Å². The first-order valence-electron chi connectivity index (χ1n) is 6.17. The molecule has 0 fully saturated rings. The van der Waals surface area contributed by atoms with Gasteiger partial charge in [0.2, 0.25) is 0 Å². The second-order valence-corrected chi connectivity index (χ2v) is 4.23. The molecule has 0 aliphatic heterocycles. The molecule has 96 valence electrons. The molecule has 18 heavy (non-hydrogen) atoms. The lowest BCUT2D eigenvalue weighted by molar-refractivity contribution is 0.550. The summed E-state index contributed by atoms with van der Waals surface area (Å²) in [5.74, 6) is 0.838. The minimum Gasteiger partial charge on any atom is -0.335 e. The predicted molar refractivity (Wildman–Crippen MR) is 69.8 cm³/mol. The fourth-order valence-corrected chi connectivity index (χ4v) is 2.08. The smallest absolute Gasteiger partial charge is 0.123 e. The summed E-state index contributed by atoms with van der Waals surface area (Å²) < 4.78 is 15.0. The van der Waals surface area contributed by atoms with Crippen LogP contribution < -0.4 is 5.32 Å². The van der Waals surface area contributed by atoms with Gasteiger partial charge in [0.15, 0.2) is 0 Å². The topological polar surface area (TPSA) is 29.9 Å². The van der Waals surface area contributed by atoms with Gasteiger partial charge in [0.05, 0.1) is 0 Å². The lowest BCUT2D eigenvalue weighted by Gasteiger charge is -2.17. The van der Waals surface area contributed by atoms with Gasteiger partial charge in [0.1, 0.15) is 11.6 Å². The molecule has 1 atom stereocenters. The number of halogens is 1. The highest BCUT2D eigenvalue weighted by molar-refractivity contribution is 5.21. The molecule has 1 N–H and O–H groups in total. The van der Waals surface area contributed by atoms with E-state index in [4.69, 9.17) is 0 Å². The van der Waals surface area contributed by atoms with E-state index in [-0.39, 0.29) is 11.9 Å². The molecule has 2 rings (SSSR count). The minimum absolute atomic E-state index is 0.151. The Morgan fingerprint density at radius 1 is 1.33 bits per heavy atom. The Labute approximate surface area is 107 Å². The van der Waals surface area contributed by atoms with E-state index in [9.17, 15) is 4.39 Å². The molecule has 0 amide bonds. The maximum absolute atomic E-state index is 12.9. The van der Waals surface area contributed by atoms with Crippen molar-refractivity contribution in [3.8, 4) is 0 Å². The number of likely N-dealkylation sites (N-methyl/N-ethyl adjacent to an activating group) is 1. The quantitative estimate of drug-likeness (QED) is 0.880. The maximum atomic E-state index is 12.9. The molecule has 0 saturated heterocycles. The third-order valence-electron chi connectivity index (χ3n) is 3.15. The minimum atomic E-state index is -0.205. The zero-order valence-electron chi connectivity index (χ0n) is 10.7. The first kappa shape index (κ1) is 12.8. The van der Waals surface area contributed by atoms with Gasteiger partial charge in [-0.2, -0.15) is 0 Å². The van der Waals surface area contributed by atoms with Crippen LogP contribution >= 0.6 is 0 Å². The average Bonchev–Trinajstić information content (AvgIpc) is 2.84. The van der Waals surface area contributed by atoms with E-state index in [1.807, 2.05) is 31.6 Å². The maximum Gasteiger partial charge on any atom is 0.123 e.